The molecule has 11 nitrogen and oxygen atoms in total. The van der Waals surface area contributed by atoms with E-state index in [9.17, 15) is 18.0 Å². The van der Waals surface area contributed by atoms with Crippen molar-refractivity contribution in [3.05, 3.63) is 69.4 Å². The van der Waals surface area contributed by atoms with E-state index in [1.54, 1.807) is 24.3 Å². The van der Waals surface area contributed by atoms with Crippen LogP contribution in [0.5, 0.6) is 5.88 Å². The SMILES string of the molecule is COc1ncnc(C2CC2)c1C1(Cl)N=Cc2[nH]c(=O)n(Cc3ccc(-c4nc(C(F)(F)F)nn4C4CC4)cc3)c2N1. The minimum atomic E-state index is -4.63. The van der Waals surface area contributed by atoms with Gasteiger partial charge < -0.3 is 15.0 Å². The molecule has 2 fully saturated rings. The third kappa shape index (κ3) is 4.55. The summed E-state index contributed by atoms with van der Waals surface area (Å²) >= 11 is 7.05. The van der Waals surface area contributed by atoms with Gasteiger partial charge in [0.2, 0.25) is 11.0 Å². The van der Waals surface area contributed by atoms with Crippen LogP contribution >= 0.6 is 11.6 Å². The molecule has 7 rings (SSSR count). The number of imidazole rings is 1. The summed E-state index contributed by atoms with van der Waals surface area (Å²) in [4.78, 5) is 32.7. The van der Waals surface area contributed by atoms with E-state index in [-0.39, 0.29) is 35.9 Å². The maximum Gasteiger partial charge on any atom is 0.453 e. The molecule has 1 atom stereocenters. The number of anilines is 1. The van der Waals surface area contributed by atoms with Crippen molar-refractivity contribution in [2.24, 2.45) is 4.99 Å². The molecule has 2 N–H and O–H groups in total. The number of hydrogen-bond donors (Lipinski definition) is 2. The number of benzene rings is 1. The van der Waals surface area contributed by atoms with Crippen LogP contribution in [0.4, 0.5) is 19.0 Å². The second-order valence-corrected chi connectivity index (χ2v) is 10.9. The van der Waals surface area contributed by atoms with Crippen LogP contribution in [0.15, 0.2) is 40.4 Å². The topological polar surface area (TPSA) is 128 Å². The largest absolute Gasteiger partial charge is 0.481 e. The highest BCUT2D eigenvalue weighted by Crippen LogP contribution is 2.48. The minimum Gasteiger partial charge on any atom is -0.481 e. The highest BCUT2D eigenvalue weighted by atomic mass is 35.5. The molecule has 212 valence electrons. The number of hydrogen-bond acceptors (Lipinski definition) is 8. The molecule has 4 aromatic rings. The van der Waals surface area contributed by atoms with E-state index in [1.807, 2.05) is 0 Å². The monoisotopic (exact) mass is 585 g/mol. The molecular weight excluding hydrogens is 563 g/mol. The number of rotatable bonds is 7. The quantitative estimate of drug-likeness (QED) is 0.243. The van der Waals surface area contributed by atoms with Crippen LogP contribution in [0.1, 0.15) is 66.0 Å². The molecule has 0 bridgehead atoms. The number of aromatic nitrogens is 7. The third-order valence-corrected chi connectivity index (χ3v) is 7.71. The Kier molecular flexibility index (Phi) is 5.75. The lowest BCUT2D eigenvalue weighted by Gasteiger charge is -2.30. The van der Waals surface area contributed by atoms with E-state index in [2.05, 4.69) is 35.3 Å². The van der Waals surface area contributed by atoms with Gasteiger partial charge >= 0.3 is 11.9 Å². The first kappa shape index (κ1) is 25.7. The third-order valence-electron chi connectivity index (χ3n) is 7.33. The Morgan fingerprint density at radius 2 is 1.90 bits per heavy atom. The summed E-state index contributed by atoms with van der Waals surface area (Å²) in [5, 5.41) is 5.39. The number of fused-ring (bicyclic) bond motifs is 1. The molecule has 3 aliphatic rings. The van der Waals surface area contributed by atoms with Crippen molar-refractivity contribution in [3.8, 4) is 17.3 Å². The number of halogens is 4. The molecule has 1 unspecified atom stereocenters. The zero-order chi connectivity index (χ0) is 28.5. The second-order valence-electron chi connectivity index (χ2n) is 10.3. The highest BCUT2D eigenvalue weighted by Gasteiger charge is 2.43. The fraction of sp³-hybridized carbons (Fsp3) is 0.385. The fourth-order valence-electron chi connectivity index (χ4n) is 5.01. The Morgan fingerprint density at radius 1 is 1.15 bits per heavy atom. The molecule has 15 heteroatoms. The van der Waals surface area contributed by atoms with Crippen molar-refractivity contribution in [2.75, 3.05) is 12.4 Å². The predicted octanol–water partition coefficient (Wildman–Crippen LogP) is 4.41. The lowest BCUT2D eigenvalue weighted by Crippen LogP contribution is -2.34. The van der Waals surface area contributed by atoms with Crippen molar-refractivity contribution >= 4 is 23.6 Å². The lowest BCUT2D eigenvalue weighted by molar-refractivity contribution is -0.145. The molecule has 2 saturated carbocycles. The van der Waals surface area contributed by atoms with Crippen LogP contribution in [0.3, 0.4) is 0 Å². The average Bonchev–Trinajstić information content (AvgIpc) is 3.89. The van der Waals surface area contributed by atoms with E-state index in [0.29, 0.717) is 22.6 Å². The second kappa shape index (κ2) is 9.16. The molecule has 1 aliphatic heterocycles. The highest BCUT2D eigenvalue weighted by molar-refractivity contribution is 6.26. The van der Waals surface area contributed by atoms with Crippen LogP contribution < -0.4 is 15.7 Å². The molecule has 0 amide bonds. The van der Waals surface area contributed by atoms with Gasteiger partial charge in [0.1, 0.15) is 17.8 Å². The van der Waals surface area contributed by atoms with Crippen molar-refractivity contribution in [3.63, 3.8) is 0 Å². The zero-order valence-electron chi connectivity index (χ0n) is 21.6. The molecule has 1 aromatic carbocycles. The van der Waals surface area contributed by atoms with Crippen molar-refractivity contribution in [2.45, 2.75) is 55.5 Å². The molecule has 0 radical (unpaired) electrons. The molecule has 2 aliphatic carbocycles. The number of methoxy groups -OCH3 is 1. The molecular formula is C26H23ClF3N9O2. The number of alkyl halides is 4. The summed E-state index contributed by atoms with van der Waals surface area (Å²) in [6, 6.07) is 6.75. The van der Waals surface area contributed by atoms with E-state index in [0.717, 1.165) is 36.9 Å². The van der Waals surface area contributed by atoms with Gasteiger partial charge in [-0.3, -0.25) is 4.57 Å². The summed E-state index contributed by atoms with van der Waals surface area (Å²) in [5.41, 5.74) is 2.53. The zero-order valence-corrected chi connectivity index (χ0v) is 22.4. The summed E-state index contributed by atoms with van der Waals surface area (Å²) in [6.45, 7) is 0.153. The van der Waals surface area contributed by atoms with Crippen LogP contribution in [0.2, 0.25) is 0 Å². The Hall–Kier alpha value is -4.20. The Balaban J connectivity index is 1.19. The van der Waals surface area contributed by atoms with E-state index in [1.165, 1.54) is 28.9 Å². The average molecular weight is 586 g/mol. The number of nitrogens with one attached hydrogen (secondary N) is 2. The van der Waals surface area contributed by atoms with Crippen molar-refractivity contribution < 1.29 is 17.9 Å². The summed E-state index contributed by atoms with van der Waals surface area (Å²) in [7, 11) is 1.49. The van der Waals surface area contributed by atoms with Gasteiger partial charge in [-0.2, -0.15) is 13.2 Å². The molecule has 3 aromatic heterocycles. The van der Waals surface area contributed by atoms with Gasteiger partial charge in [-0.1, -0.05) is 35.9 Å². The van der Waals surface area contributed by atoms with E-state index >= 15 is 0 Å². The summed E-state index contributed by atoms with van der Waals surface area (Å²) in [6.07, 6.45) is 1.74. The Labute approximate surface area is 235 Å². The maximum absolute atomic E-state index is 13.3. The van der Waals surface area contributed by atoms with Gasteiger partial charge in [-0.15, -0.1) is 5.10 Å². The first-order chi connectivity index (χ1) is 19.6. The summed E-state index contributed by atoms with van der Waals surface area (Å²) in [5.74, 6) is -0.0621. The predicted molar refractivity (Wildman–Crippen MR) is 142 cm³/mol. The number of aliphatic imine (C=N–C) groups is 1. The van der Waals surface area contributed by atoms with Crippen molar-refractivity contribution in [1.29, 1.82) is 0 Å². The van der Waals surface area contributed by atoms with Gasteiger partial charge in [0, 0.05) is 11.5 Å². The van der Waals surface area contributed by atoms with Gasteiger partial charge in [-0.05, 0) is 31.2 Å². The Bertz CT molecular complexity index is 1740. The van der Waals surface area contributed by atoms with E-state index in [4.69, 9.17) is 16.3 Å². The van der Waals surface area contributed by atoms with Gasteiger partial charge in [0.25, 0.3) is 5.82 Å². The number of nitrogens with zero attached hydrogens (tertiary/aromatic N) is 7. The smallest absolute Gasteiger partial charge is 0.453 e. The van der Waals surface area contributed by atoms with Crippen LogP contribution in [0, 0.1) is 0 Å². The Morgan fingerprint density at radius 3 is 2.56 bits per heavy atom. The maximum atomic E-state index is 13.3. The number of H-pyrrole nitrogens is 1. The van der Waals surface area contributed by atoms with Gasteiger partial charge in [0.15, 0.2) is 5.82 Å². The minimum absolute atomic E-state index is 0.0872. The first-order valence-corrected chi connectivity index (χ1v) is 13.4. The van der Waals surface area contributed by atoms with Crippen molar-refractivity contribution in [1.82, 2.24) is 34.3 Å². The van der Waals surface area contributed by atoms with Gasteiger partial charge in [-0.25, -0.2) is 29.4 Å². The normalized spacial score (nSPS) is 20.1. The van der Waals surface area contributed by atoms with E-state index < -0.39 is 17.1 Å². The molecule has 0 spiro atoms. The molecule has 41 heavy (non-hydrogen) atoms. The standard InChI is InChI=1S/C26H23ClF3N9O2/c1-41-22-18(19(14-6-7-14)31-12-32-22)25(27)33-10-17-21(36-25)38(24(40)34-17)11-13-2-4-15(5-3-13)20-35-23(26(28,29)30)37-39(20)16-8-9-16/h2-5,10,12,14,16,36H,6-9,11H2,1H3,(H,34,40). The lowest BCUT2D eigenvalue weighted by atomic mass is 10.1. The molecule has 0 saturated heterocycles. The number of aromatic amines is 1. The van der Waals surface area contributed by atoms with Gasteiger partial charge in [0.05, 0.1) is 37.2 Å². The number of ether oxygens (including phenoxy) is 1. The summed E-state index contributed by atoms with van der Waals surface area (Å²) < 4.78 is 48.2. The van der Waals surface area contributed by atoms with Crippen LogP contribution in [-0.4, -0.2) is 47.6 Å². The fourth-order valence-corrected chi connectivity index (χ4v) is 5.32. The van der Waals surface area contributed by atoms with Crippen LogP contribution in [0.25, 0.3) is 11.4 Å². The van der Waals surface area contributed by atoms with Crippen LogP contribution in [-0.2, 0) is 17.8 Å². The molecule has 4 heterocycles. The first-order valence-electron chi connectivity index (χ1n) is 13.0.